The highest BCUT2D eigenvalue weighted by Gasteiger charge is 2.18. The number of hydrogen-bond donors (Lipinski definition) is 0. The van der Waals surface area contributed by atoms with Crippen LogP contribution in [-0.2, 0) is 0 Å². The van der Waals surface area contributed by atoms with Crippen LogP contribution in [0.1, 0.15) is 12.0 Å². The zero-order valence-corrected chi connectivity index (χ0v) is 11.4. The van der Waals surface area contributed by atoms with E-state index in [0.29, 0.717) is 11.7 Å². The highest BCUT2D eigenvalue weighted by Crippen LogP contribution is 2.31. The van der Waals surface area contributed by atoms with Crippen LogP contribution in [-0.4, -0.2) is 4.98 Å². The van der Waals surface area contributed by atoms with Gasteiger partial charge in [-0.25, -0.2) is 13.8 Å². The summed E-state index contributed by atoms with van der Waals surface area (Å²) in [5, 5.41) is 0. The summed E-state index contributed by atoms with van der Waals surface area (Å²) in [4.78, 5) is 3.82. The molecule has 0 aliphatic rings. The van der Waals surface area contributed by atoms with Crippen molar-refractivity contribution in [2.75, 3.05) is 0 Å². The minimum atomic E-state index is -2.46. The molecule has 1 rings (SSSR count). The Balaban J connectivity index is 3.33. The summed E-state index contributed by atoms with van der Waals surface area (Å²) in [7, 11) is 0. The minimum absolute atomic E-state index is 0.00516. The number of hydrogen-bond acceptors (Lipinski definition) is 1. The van der Waals surface area contributed by atoms with E-state index in [1.165, 1.54) is 6.20 Å². The lowest BCUT2D eigenvalue weighted by molar-refractivity contribution is 0.149. The SMILES string of the molecule is FC(F)c1c(I)ncc(Br)c1I. The molecular formula is C6H2BrF2I2N. The van der Waals surface area contributed by atoms with E-state index in [1.807, 2.05) is 22.6 Å². The van der Waals surface area contributed by atoms with Crippen molar-refractivity contribution in [3.8, 4) is 0 Å². The van der Waals surface area contributed by atoms with Crippen LogP contribution in [0.5, 0.6) is 0 Å². The Hall–Kier alpha value is 0.950. The molecule has 1 aromatic heterocycles. The van der Waals surface area contributed by atoms with Crippen LogP contribution in [0.3, 0.4) is 0 Å². The van der Waals surface area contributed by atoms with Gasteiger partial charge in [0.2, 0.25) is 0 Å². The molecule has 1 heterocycles. The molecule has 0 saturated heterocycles. The van der Waals surface area contributed by atoms with Gasteiger partial charge < -0.3 is 0 Å². The lowest BCUT2D eigenvalue weighted by atomic mass is 10.3. The molecule has 1 nitrogen and oxygen atoms in total. The van der Waals surface area contributed by atoms with Gasteiger partial charge in [0.1, 0.15) is 3.70 Å². The van der Waals surface area contributed by atoms with Crippen molar-refractivity contribution in [2.45, 2.75) is 6.43 Å². The molecule has 0 radical (unpaired) electrons. The number of aromatic nitrogens is 1. The first-order chi connectivity index (χ1) is 5.54. The summed E-state index contributed by atoms with van der Waals surface area (Å²) in [5.41, 5.74) is 0.00516. The number of nitrogens with zero attached hydrogens (tertiary/aromatic N) is 1. The van der Waals surface area contributed by atoms with Crippen molar-refractivity contribution in [2.24, 2.45) is 0 Å². The van der Waals surface area contributed by atoms with E-state index in [9.17, 15) is 8.78 Å². The first kappa shape index (κ1) is 11.0. The monoisotopic (exact) mass is 459 g/mol. The van der Waals surface area contributed by atoms with E-state index in [1.54, 1.807) is 22.6 Å². The molecule has 6 heteroatoms. The standard InChI is InChI=1S/C6H2BrF2I2N/c7-2-1-12-6(11)3(4(2)10)5(8)9/h1,5H. The van der Waals surface area contributed by atoms with Crippen LogP contribution >= 0.6 is 61.1 Å². The van der Waals surface area contributed by atoms with E-state index >= 15 is 0 Å². The Morgan fingerprint density at radius 2 is 2.00 bits per heavy atom. The lowest BCUT2D eigenvalue weighted by Gasteiger charge is -2.06. The summed E-state index contributed by atoms with van der Waals surface area (Å²) in [6.07, 6.45) is -0.941. The quantitative estimate of drug-likeness (QED) is 0.457. The highest BCUT2D eigenvalue weighted by atomic mass is 127. The van der Waals surface area contributed by atoms with Gasteiger partial charge in [0.05, 0.1) is 5.56 Å². The molecule has 0 bridgehead atoms. The number of rotatable bonds is 1. The third-order valence-electron chi connectivity index (χ3n) is 1.18. The van der Waals surface area contributed by atoms with Crippen LogP contribution in [0.15, 0.2) is 10.7 Å². The van der Waals surface area contributed by atoms with Crippen molar-refractivity contribution in [3.63, 3.8) is 0 Å². The summed E-state index contributed by atoms with van der Waals surface area (Å²) >= 11 is 6.82. The summed E-state index contributed by atoms with van der Waals surface area (Å²) in [5.74, 6) is 0. The number of halogens is 5. The molecule has 0 aliphatic heterocycles. The Morgan fingerprint density at radius 3 is 2.42 bits per heavy atom. The molecule has 0 amide bonds. The third kappa shape index (κ3) is 2.25. The van der Waals surface area contributed by atoms with E-state index < -0.39 is 6.43 Å². The Labute approximate surface area is 104 Å². The third-order valence-corrected chi connectivity index (χ3v) is 4.54. The van der Waals surface area contributed by atoms with Crippen molar-refractivity contribution < 1.29 is 8.78 Å². The highest BCUT2D eigenvalue weighted by molar-refractivity contribution is 14.1. The molecule has 0 unspecified atom stereocenters. The smallest absolute Gasteiger partial charge is 0.249 e. The first-order valence-corrected chi connectivity index (χ1v) is 5.76. The maximum absolute atomic E-state index is 12.4. The zero-order chi connectivity index (χ0) is 9.30. The number of pyridine rings is 1. The van der Waals surface area contributed by atoms with Crippen LogP contribution in [0.25, 0.3) is 0 Å². The molecule has 0 saturated carbocycles. The maximum Gasteiger partial charge on any atom is 0.267 e. The minimum Gasteiger partial charge on any atom is -0.249 e. The van der Waals surface area contributed by atoms with Gasteiger partial charge in [-0.05, 0) is 61.1 Å². The maximum atomic E-state index is 12.4. The van der Waals surface area contributed by atoms with Crippen molar-refractivity contribution in [1.82, 2.24) is 4.98 Å². The van der Waals surface area contributed by atoms with Crippen molar-refractivity contribution >= 4 is 61.1 Å². The van der Waals surface area contributed by atoms with Crippen molar-refractivity contribution in [1.29, 1.82) is 0 Å². The van der Waals surface area contributed by atoms with Crippen LogP contribution in [0.2, 0.25) is 0 Å². The van der Waals surface area contributed by atoms with Crippen LogP contribution < -0.4 is 0 Å². The predicted molar refractivity (Wildman–Crippen MR) is 62.3 cm³/mol. The molecular weight excluding hydrogens is 458 g/mol. The topological polar surface area (TPSA) is 12.9 Å². The fourth-order valence-corrected chi connectivity index (χ4v) is 2.75. The number of alkyl halides is 2. The van der Waals surface area contributed by atoms with E-state index in [2.05, 4.69) is 20.9 Å². The van der Waals surface area contributed by atoms with Gasteiger partial charge in [-0.3, -0.25) is 0 Å². The predicted octanol–water partition coefficient (Wildman–Crippen LogP) is 3.99. The summed E-state index contributed by atoms with van der Waals surface area (Å²) < 4.78 is 26.3. The first-order valence-electron chi connectivity index (χ1n) is 2.81. The van der Waals surface area contributed by atoms with Crippen LogP contribution in [0.4, 0.5) is 8.78 Å². The molecule has 0 N–H and O–H groups in total. The van der Waals surface area contributed by atoms with Gasteiger partial charge in [-0.2, -0.15) is 0 Å². The van der Waals surface area contributed by atoms with Gasteiger partial charge in [-0.15, -0.1) is 0 Å². The van der Waals surface area contributed by atoms with Gasteiger partial charge in [-0.1, -0.05) is 0 Å². The normalized spacial score (nSPS) is 10.8. The molecule has 0 aromatic carbocycles. The molecule has 0 aliphatic carbocycles. The van der Waals surface area contributed by atoms with E-state index in [-0.39, 0.29) is 5.56 Å². The fourth-order valence-electron chi connectivity index (χ4n) is 0.645. The average molecular weight is 460 g/mol. The molecule has 0 spiro atoms. The van der Waals surface area contributed by atoms with Crippen LogP contribution in [0, 0.1) is 7.27 Å². The zero-order valence-electron chi connectivity index (χ0n) is 5.49. The molecule has 12 heavy (non-hydrogen) atoms. The Kier molecular flexibility index (Phi) is 4.09. The Morgan fingerprint density at radius 1 is 1.42 bits per heavy atom. The molecule has 66 valence electrons. The van der Waals surface area contributed by atoms with E-state index in [4.69, 9.17) is 0 Å². The van der Waals surface area contributed by atoms with Gasteiger partial charge in [0, 0.05) is 14.2 Å². The summed E-state index contributed by atoms with van der Waals surface area (Å²) in [6, 6.07) is 0. The van der Waals surface area contributed by atoms with Gasteiger partial charge in [0.15, 0.2) is 0 Å². The lowest BCUT2D eigenvalue weighted by Crippen LogP contribution is -1.97. The molecule has 1 aromatic rings. The van der Waals surface area contributed by atoms with E-state index in [0.717, 1.165) is 0 Å². The second-order valence-electron chi connectivity index (χ2n) is 1.93. The fraction of sp³-hybridized carbons (Fsp3) is 0.167. The second kappa shape index (κ2) is 4.45. The largest absolute Gasteiger partial charge is 0.267 e. The Bertz CT molecular complexity index is 306. The second-order valence-corrected chi connectivity index (χ2v) is 4.88. The van der Waals surface area contributed by atoms with Gasteiger partial charge >= 0.3 is 0 Å². The summed E-state index contributed by atoms with van der Waals surface area (Å²) in [6.45, 7) is 0. The average Bonchev–Trinajstić information content (AvgIpc) is 1.97. The molecule has 0 fully saturated rings. The molecule has 0 atom stereocenters. The van der Waals surface area contributed by atoms with Gasteiger partial charge in [0.25, 0.3) is 6.43 Å². The van der Waals surface area contributed by atoms with Crippen molar-refractivity contribution in [3.05, 3.63) is 23.5 Å².